The van der Waals surface area contributed by atoms with Crippen molar-refractivity contribution in [3.63, 3.8) is 0 Å². The van der Waals surface area contributed by atoms with Crippen LogP contribution >= 0.6 is 11.8 Å². The highest BCUT2D eigenvalue weighted by atomic mass is 32.2. The van der Waals surface area contributed by atoms with Crippen LogP contribution in [0.2, 0.25) is 0 Å². The second-order valence-corrected chi connectivity index (χ2v) is 8.18. The van der Waals surface area contributed by atoms with Gasteiger partial charge < -0.3 is 14.4 Å². The zero-order valence-corrected chi connectivity index (χ0v) is 19.2. The van der Waals surface area contributed by atoms with Crippen molar-refractivity contribution in [2.24, 2.45) is 0 Å². The molecule has 174 valence electrons. The standard InChI is InChI=1S/C25H25F3N2O2S/c1-4-15-33-24-22(25(26,27)28)13-14-23(29-24)30(16-18-5-9-20(31-2)10-6-18)17-19-7-11-21(32-3)12-8-19/h4-14H,1,15-17H2,2-3H3. The lowest BCUT2D eigenvalue weighted by molar-refractivity contribution is -0.140. The molecule has 0 aliphatic carbocycles. The number of nitrogens with zero attached hydrogens (tertiary/aromatic N) is 2. The average Bonchev–Trinajstić information content (AvgIpc) is 2.82. The number of alkyl halides is 3. The number of methoxy groups -OCH3 is 2. The largest absolute Gasteiger partial charge is 0.497 e. The van der Waals surface area contributed by atoms with Gasteiger partial charge in [0.05, 0.1) is 19.8 Å². The van der Waals surface area contributed by atoms with Crippen LogP contribution in [0.25, 0.3) is 0 Å². The smallest absolute Gasteiger partial charge is 0.419 e. The van der Waals surface area contributed by atoms with E-state index in [1.54, 1.807) is 20.3 Å². The Bertz CT molecular complexity index is 1010. The number of anilines is 1. The Hall–Kier alpha value is -3.13. The number of ether oxygens (including phenoxy) is 2. The van der Waals surface area contributed by atoms with Crippen LogP contribution in [-0.4, -0.2) is 25.0 Å². The molecule has 0 amide bonds. The van der Waals surface area contributed by atoms with Crippen molar-refractivity contribution in [3.8, 4) is 11.5 Å². The Balaban J connectivity index is 1.97. The molecular formula is C25H25F3N2O2S. The summed E-state index contributed by atoms with van der Waals surface area (Å²) in [5.41, 5.74) is 1.21. The summed E-state index contributed by atoms with van der Waals surface area (Å²) in [5, 5.41) is -0.0608. The number of benzene rings is 2. The normalized spacial score (nSPS) is 11.2. The highest BCUT2D eigenvalue weighted by Gasteiger charge is 2.34. The van der Waals surface area contributed by atoms with E-state index < -0.39 is 11.7 Å². The molecule has 1 heterocycles. The number of aromatic nitrogens is 1. The SMILES string of the molecule is C=CCSc1nc(N(Cc2ccc(OC)cc2)Cc2ccc(OC)cc2)ccc1C(F)(F)F. The lowest BCUT2D eigenvalue weighted by atomic mass is 10.1. The van der Waals surface area contributed by atoms with Crippen molar-refractivity contribution in [2.45, 2.75) is 24.3 Å². The molecule has 0 atom stereocenters. The number of pyridine rings is 1. The Morgan fingerprint density at radius 3 is 1.82 bits per heavy atom. The highest BCUT2D eigenvalue weighted by molar-refractivity contribution is 7.99. The first-order valence-electron chi connectivity index (χ1n) is 10.2. The summed E-state index contributed by atoms with van der Waals surface area (Å²) in [4.78, 5) is 6.35. The predicted molar refractivity (Wildman–Crippen MR) is 126 cm³/mol. The molecule has 0 saturated carbocycles. The van der Waals surface area contributed by atoms with E-state index in [0.29, 0.717) is 24.7 Å². The first kappa shape index (κ1) is 24.5. The molecule has 2 aromatic carbocycles. The van der Waals surface area contributed by atoms with Crippen molar-refractivity contribution >= 4 is 17.6 Å². The summed E-state index contributed by atoms with van der Waals surface area (Å²) < 4.78 is 51.0. The van der Waals surface area contributed by atoms with Gasteiger partial charge in [0.1, 0.15) is 22.3 Å². The average molecular weight is 475 g/mol. The summed E-state index contributed by atoms with van der Waals surface area (Å²) >= 11 is 1.02. The van der Waals surface area contributed by atoms with Gasteiger partial charge in [0.15, 0.2) is 0 Å². The molecule has 4 nitrogen and oxygen atoms in total. The molecular weight excluding hydrogens is 449 g/mol. The van der Waals surface area contributed by atoms with Gasteiger partial charge in [-0.2, -0.15) is 13.2 Å². The monoisotopic (exact) mass is 474 g/mol. The van der Waals surface area contributed by atoms with Gasteiger partial charge in [0, 0.05) is 18.8 Å². The van der Waals surface area contributed by atoms with Gasteiger partial charge in [0.2, 0.25) is 0 Å². The van der Waals surface area contributed by atoms with Gasteiger partial charge in [-0.05, 0) is 47.5 Å². The molecule has 0 spiro atoms. The zero-order valence-electron chi connectivity index (χ0n) is 18.4. The van der Waals surface area contributed by atoms with Crippen LogP contribution in [0.4, 0.5) is 19.0 Å². The van der Waals surface area contributed by atoms with Crippen molar-refractivity contribution in [3.05, 3.63) is 90.0 Å². The fourth-order valence-electron chi connectivity index (χ4n) is 3.19. The second kappa shape index (κ2) is 11.1. The maximum atomic E-state index is 13.5. The van der Waals surface area contributed by atoms with Crippen LogP contribution in [-0.2, 0) is 19.3 Å². The number of hydrogen-bond donors (Lipinski definition) is 0. The van der Waals surface area contributed by atoms with Crippen LogP contribution in [0.1, 0.15) is 16.7 Å². The summed E-state index contributed by atoms with van der Waals surface area (Å²) in [7, 11) is 3.19. The first-order chi connectivity index (χ1) is 15.8. The summed E-state index contributed by atoms with van der Waals surface area (Å²) in [6, 6.07) is 17.7. The van der Waals surface area contributed by atoms with Crippen molar-refractivity contribution in [2.75, 3.05) is 24.9 Å². The Morgan fingerprint density at radius 2 is 1.39 bits per heavy atom. The molecule has 1 aromatic heterocycles. The minimum atomic E-state index is -4.48. The van der Waals surface area contributed by atoms with Crippen molar-refractivity contribution in [1.29, 1.82) is 0 Å². The Kier molecular flexibility index (Phi) is 8.27. The molecule has 0 unspecified atom stereocenters. The van der Waals surface area contributed by atoms with E-state index in [4.69, 9.17) is 9.47 Å². The van der Waals surface area contributed by atoms with Gasteiger partial charge in [-0.25, -0.2) is 4.98 Å². The van der Waals surface area contributed by atoms with Gasteiger partial charge >= 0.3 is 6.18 Å². The minimum absolute atomic E-state index is 0.0608. The van der Waals surface area contributed by atoms with Crippen molar-refractivity contribution in [1.82, 2.24) is 4.98 Å². The zero-order chi connectivity index (χ0) is 23.8. The van der Waals surface area contributed by atoms with E-state index in [1.165, 1.54) is 6.07 Å². The number of rotatable bonds is 10. The lowest BCUT2D eigenvalue weighted by Gasteiger charge is -2.25. The highest BCUT2D eigenvalue weighted by Crippen LogP contribution is 2.37. The van der Waals surface area contributed by atoms with E-state index in [9.17, 15) is 13.2 Å². The maximum Gasteiger partial charge on any atom is 0.419 e. The van der Waals surface area contributed by atoms with Crippen LogP contribution in [0.3, 0.4) is 0 Å². The molecule has 0 saturated heterocycles. The van der Waals surface area contributed by atoms with Crippen LogP contribution < -0.4 is 14.4 Å². The fraction of sp³-hybridized carbons (Fsp3) is 0.240. The number of halogens is 3. The topological polar surface area (TPSA) is 34.6 Å². The van der Waals surface area contributed by atoms with E-state index in [2.05, 4.69) is 11.6 Å². The van der Waals surface area contributed by atoms with E-state index in [0.717, 1.165) is 40.5 Å². The molecule has 0 aliphatic rings. The van der Waals surface area contributed by atoms with Crippen LogP contribution in [0.15, 0.2) is 78.3 Å². The first-order valence-corrected chi connectivity index (χ1v) is 11.2. The summed E-state index contributed by atoms with van der Waals surface area (Å²) in [5.74, 6) is 2.25. The lowest BCUT2D eigenvalue weighted by Crippen LogP contribution is -2.24. The molecule has 0 radical (unpaired) electrons. The Morgan fingerprint density at radius 1 is 0.879 bits per heavy atom. The fourth-order valence-corrected chi connectivity index (χ4v) is 3.96. The van der Waals surface area contributed by atoms with E-state index in [1.807, 2.05) is 53.4 Å². The van der Waals surface area contributed by atoms with Crippen LogP contribution in [0, 0.1) is 0 Å². The number of thioether (sulfide) groups is 1. The third-order valence-corrected chi connectivity index (χ3v) is 5.86. The third kappa shape index (κ3) is 6.68. The summed E-state index contributed by atoms with van der Waals surface area (Å²) in [6.45, 7) is 4.52. The van der Waals surface area contributed by atoms with Gasteiger partial charge in [0.25, 0.3) is 0 Å². The Labute approximate surface area is 196 Å². The molecule has 3 rings (SSSR count). The van der Waals surface area contributed by atoms with Gasteiger partial charge in [-0.3, -0.25) is 0 Å². The quantitative estimate of drug-likeness (QED) is 0.244. The molecule has 0 bridgehead atoms. The third-order valence-electron chi connectivity index (χ3n) is 4.88. The molecule has 33 heavy (non-hydrogen) atoms. The predicted octanol–water partition coefficient (Wildman–Crippen LogP) is 6.60. The molecule has 0 fully saturated rings. The molecule has 3 aromatic rings. The molecule has 0 N–H and O–H groups in total. The molecule has 0 aliphatic heterocycles. The number of hydrogen-bond acceptors (Lipinski definition) is 5. The maximum absolute atomic E-state index is 13.5. The summed E-state index contributed by atoms with van der Waals surface area (Å²) in [6.07, 6.45) is -2.92. The van der Waals surface area contributed by atoms with Gasteiger partial charge in [-0.1, -0.05) is 30.3 Å². The van der Waals surface area contributed by atoms with Gasteiger partial charge in [-0.15, -0.1) is 18.3 Å². The minimum Gasteiger partial charge on any atom is -0.497 e. The van der Waals surface area contributed by atoms with E-state index >= 15 is 0 Å². The van der Waals surface area contributed by atoms with Crippen molar-refractivity contribution < 1.29 is 22.6 Å². The van der Waals surface area contributed by atoms with E-state index in [-0.39, 0.29) is 5.03 Å². The molecule has 8 heteroatoms. The van der Waals surface area contributed by atoms with Crippen LogP contribution in [0.5, 0.6) is 11.5 Å². The second-order valence-electron chi connectivity index (χ2n) is 7.17.